The Morgan fingerprint density at radius 3 is 3.10 bits per heavy atom. The molecule has 0 aliphatic carbocycles. The van der Waals surface area contributed by atoms with Crippen LogP contribution in [0.4, 0.5) is 0 Å². The second kappa shape index (κ2) is 6.67. The number of para-hydroxylation sites is 1. The molecule has 0 amide bonds. The molecule has 152 valence electrons. The fraction of sp³-hybridized carbons (Fsp3) is 0.348. The largest absolute Gasteiger partial charge is 0.347 e. The van der Waals surface area contributed by atoms with Crippen molar-refractivity contribution in [1.29, 1.82) is 0 Å². The van der Waals surface area contributed by atoms with Gasteiger partial charge in [-0.05, 0) is 24.0 Å². The third-order valence-corrected chi connectivity index (χ3v) is 6.55. The van der Waals surface area contributed by atoms with Gasteiger partial charge >= 0.3 is 0 Å². The molecule has 30 heavy (non-hydrogen) atoms. The summed E-state index contributed by atoms with van der Waals surface area (Å²) in [7, 11) is 1.94. The van der Waals surface area contributed by atoms with Crippen LogP contribution in [-0.4, -0.2) is 35.8 Å². The molecule has 2 aliphatic rings. The van der Waals surface area contributed by atoms with E-state index in [4.69, 9.17) is 0 Å². The maximum absolute atomic E-state index is 12.9. The molecule has 4 aromatic rings. The van der Waals surface area contributed by atoms with E-state index in [1.165, 1.54) is 16.5 Å². The number of aromatic nitrogens is 5. The lowest BCUT2D eigenvalue weighted by molar-refractivity contribution is 0.228. The number of benzene rings is 1. The Morgan fingerprint density at radius 2 is 2.23 bits per heavy atom. The number of aryl methyl sites for hydroxylation is 3. The smallest absolute Gasteiger partial charge is 0.251 e. The Balaban J connectivity index is 1.40. The number of fused-ring (bicyclic) bond motifs is 1. The molecule has 1 aromatic carbocycles. The number of imidazole rings is 1. The van der Waals surface area contributed by atoms with E-state index in [0.717, 1.165) is 61.5 Å². The van der Waals surface area contributed by atoms with Crippen LogP contribution in [-0.2, 0) is 33.1 Å². The zero-order valence-electron chi connectivity index (χ0n) is 17.0. The number of nitrogens with zero attached hydrogens (tertiary/aromatic N) is 5. The minimum atomic E-state index is 0.118. The summed E-state index contributed by atoms with van der Waals surface area (Å²) in [6.07, 6.45) is 7.87. The van der Waals surface area contributed by atoms with Crippen LogP contribution >= 0.6 is 0 Å². The van der Waals surface area contributed by atoms with Crippen LogP contribution in [0, 0.1) is 0 Å². The first-order valence-corrected chi connectivity index (χ1v) is 10.5. The maximum atomic E-state index is 12.9. The zero-order chi connectivity index (χ0) is 20.2. The first-order chi connectivity index (χ1) is 14.7. The Bertz CT molecular complexity index is 1310. The van der Waals surface area contributed by atoms with E-state index in [9.17, 15) is 4.79 Å². The van der Waals surface area contributed by atoms with Crippen LogP contribution < -0.4 is 5.56 Å². The van der Waals surface area contributed by atoms with Gasteiger partial charge in [-0.15, -0.1) is 0 Å². The molecule has 1 atom stereocenters. The van der Waals surface area contributed by atoms with E-state index in [2.05, 4.69) is 44.4 Å². The minimum Gasteiger partial charge on any atom is -0.347 e. The number of H-pyrrole nitrogens is 1. The number of hydrogen-bond donors (Lipinski definition) is 1. The van der Waals surface area contributed by atoms with Gasteiger partial charge in [0, 0.05) is 62.4 Å². The van der Waals surface area contributed by atoms with Crippen LogP contribution in [0.3, 0.4) is 0 Å². The Hall–Kier alpha value is -3.19. The van der Waals surface area contributed by atoms with E-state index in [-0.39, 0.29) is 11.5 Å². The molecule has 2 aliphatic heterocycles. The topological polar surface area (TPSA) is 71.7 Å². The van der Waals surface area contributed by atoms with E-state index < -0.39 is 0 Å². The Morgan fingerprint density at radius 1 is 1.30 bits per heavy atom. The summed E-state index contributed by atoms with van der Waals surface area (Å²) >= 11 is 0. The molecular formula is C23H24N6O. The van der Waals surface area contributed by atoms with Gasteiger partial charge in [0.1, 0.15) is 0 Å². The van der Waals surface area contributed by atoms with Crippen molar-refractivity contribution in [1.82, 2.24) is 29.2 Å². The van der Waals surface area contributed by atoms with Crippen molar-refractivity contribution in [3.63, 3.8) is 0 Å². The van der Waals surface area contributed by atoms with Crippen molar-refractivity contribution in [3.8, 4) is 0 Å². The molecule has 0 fully saturated rings. The molecular weight excluding hydrogens is 376 g/mol. The third-order valence-electron chi connectivity index (χ3n) is 6.55. The molecule has 0 saturated carbocycles. The van der Waals surface area contributed by atoms with Crippen molar-refractivity contribution in [3.05, 3.63) is 81.4 Å². The summed E-state index contributed by atoms with van der Waals surface area (Å²) in [4.78, 5) is 23.2. The van der Waals surface area contributed by atoms with Crippen LogP contribution in [0.25, 0.3) is 10.9 Å². The van der Waals surface area contributed by atoms with E-state index in [1.54, 1.807) is 6.33 Å². The van der Waals surface area contributed by atoms with E-state index in [0.29, 0.717) is 0 Å². The molecule has 0 saturated heterocycles. The van der Waals surface area contributed by atoms with Crippen molar-refractivity contribution < 1.29 is 0 Å². The number of aromatic amines is 1. The lowest BCUT2D eigenvalue weighted by atomic mass is 9.92. The quantitative estimate of drug-likeness (QED) is 0.574. The summed E-state index contributed by atoms with van der Waals surface area (Å²) in [5.41, 5.74) is 7.09. The number of hydrogen-bond acceptors (Lipinski definition) is 4. The first-order valence-electron chi connectivity index (χ1n) is 10.5. The van der Waals surface area contributed by atoms with Crippen LogP contribution in [0.15, 0.2) is 47.8 Å². The number of pyridine rings is 1. The highest BCUT2D eigenvalue weighted by molar-refractivity contribution is 5.86. The van der Waals surface area contributed by atoms with E-state index in [1.807, 2.05) is 28.6 Å². The average Bonchev–Trinajstić information content (AvgIpc) is 3.40. The lowest BCUT2D eigenvalue weighted by Crippen LogP contribution is -2.34. The van der Waals surface area contributed by atoms with Gasteiger partial charge in [0.2, 0.25) is 0 Å². The fourth-order valence-electron chi connectivity index (χ4n) is 5.20. The van der Waals surface area contributed by atoms with Crippen molar-refractivity contribution in [2.24, 2.45) is 7.05 Å². The van der Waals surface area contributed by atoms with Gasteiger partial charge < -0.3 is 9.55 Å². The van der Waals surface area contributed by atoms with Gasteiger partial charge in [-0.2, -0.15) is 5.10 Å². The predicted octanol–water partition coefficient (Wildman–Crippen LogP) is 2.55. The number of nitrogens with one attached hydrogen (secondary N) is 1. The van der Waals surface area contributed by atoms with Crippen LogP contribution in [0.2, 0.25) is 0 Å². The molecule has 6 rings (SSSR count). The molecule has 5 heterocycles. The van der Waals surface area contributed by atoms with Crippen molar-refractivity contribution in [2.45, 2.75) is 38.4 Å². The lowest BCUT2D eigenvalue weighted by Gasteiger charge is -2.32. The molecule has 7 nitrogen and oxygen atoms in total. The number of rotatable bonds is 3. The molecule has 7 heteroatoms. The van der Waals surface area contributed by atoms with Gasteiger partial charge in [0.25, 0.3) is 5.56 Å². The standard InChI is InChI=1S/C23H24N6O/c1-27-10-17(9-26-27)19-12-28(13-20-22(19)25-14-24-20)11-16-8-21(30)29-7-3-5-15-4-2-6-18(16)23(15)29/h2,4,6,8-10,14,19H,3,5,7,11-13H2,1H3,(H,24,25). The summed E-state index contributed by atoms with van der Waals surface area (Å²) in [5.74, 6) is 0.176. The minimum absolute atomic E-state index is 0.118. The maximum Gasteiger partial charge on any atom is 0.251 e. The zero-order valence-corrected chi connectivity index (χ0v) is 17.0. The molecule has 1 unspecified atom stereocenters. The highest BCUT2D eigenvalue weighted by Gasteiger charge is 2.30. The molecule has 0 spiro atoms. The second-order valence-electron chi connectivity index (χ2n) is 8.51. The summed E-state index contributed by atoms with van der Waals surface area (Å²) in [6.45, 7) is 3.21. The Labute approximate surface area is 174 Å². The van der Waals surface area contributed by atoms with Crippen LogP contribution in [0.5, 0.6) is 0 Å². The monoisotopic (exact) mass is 400 g/mol. The van der Waals surface area contributed by atoms with Crippen molar-refractivity contribution >= 4 is 10.9 Å². The SMILES string of the molecule is Cn1cc(C2CN(Cc3cc(=O)n4c5c(cccc35)CCC4)Cc3[nH]cnc32)cn1. The van der Waals surface area contributed by atoms with Crippen LogP contribution in [0.1, 0.15) is 40.4 Å². The fourth-order valence-corrected chi connectivity index (χ4v) is 5.20. The molecule has 3 aromatic heterocycles. The van der Waals surface area contributed by atoms with Crippen molar-refractivity contribution in [2.75, 3.05) is 6.54 Å². The van der Waals surface area contributed by atoms with E-state index >= 15 is 0 Å². The molecule has 1 N–H and O–H groups in total. The molecule has 0 bridgehead atoms. The Kier molecular flexibility index (Phi) is 3.92. The third kappa shape index (κ3) is 2.73. The predicted molar refractivity (Wildman–Crippen MR) is 114 cm³/mol. The van der Waals surface area contributed by atoms with Gasteiger partial charge in [-0.3, -0.25) is 14.4 Å². The van der Waals surface area contributed by atoms with Gasteiger partial charge in [-0.1, -0.05) is 18.2 Å². The highest BCUT2D eigenvalue weighted by atomic mass is 16.1. The summed E-state index contributed by atoms with van der Waals surface area (Å²) in [5, 5.41) is 5.57. The van der Waals surface area contributed by atoms with Gasteiger partial charge in [0.05, 0.1) is 29.4 Å². The second-order valence-corrected chi connectivity index (χ2v) is 8.51. The van der Waals surface area contributed by atoms with Gasteiger partial charge in [-0.25, -0.2) is 4.98 Å². The summed E-state index contributed by atoms with van der Waals surface area (Å²) in [6, 6.07) is 8.30. The average molecular weight is 400 g/mol. The van der Waals surface area contributed by atoms with Gasteiger partial charge in [0.15, 0.2) is 0 Å². The first kappa shape index (κ1) is 17.7. The highest BCUT2D eigenvalue weighted by Crippen LogP contribution is 2.33. The molecule has 0 radical (unpaired) electrons. The normalized spacial score (nSPS) is 18.6. The summed E-state index contributed by atoms with van der Waals surface area (Å²) < 4.78 is 3.80.